The molecule has 33 heavy (non-hydrogen) atoms. The standard InChI is InChI=1S/C12H10N2O3.C11H8N2O3/c15-10-4-2-1-3-9(10)12-13-6-8(7-14-12)5-11(16)17;14-9-4-2-1-3-8(9)10-12-5-7(6-13-10)11(15)16/h1-4,6-7,15H,5H2,(H,16,17);1-6,14H,(H,15,16). The second-order valence-corrected chi connectivity index (χ2v) is 6.62. The molecule has 0 fully saturated rings. The van der Waals surface area contributed by atoms with E-state index >= 15 is 0 Å². The van der Waals surface area contributed by atoms with Gasteiger partial charge in [0.25, 0.3) is 0 Å². The van der Waals surface area contributed by atoms with Crippen molar-refractivity contribution in [1.29, 1.82) is 0 Å². The zero-order valence-corrected chi connectivity index (χ0v) is 17.0. The molecular weight excluding hydrogens is 428 g/mol. The summed E-state index contributed by atoms with van der Waals surface area (Å²) in [4.78, 5) is 36.9. The van der Waals surface area contributed by atoms with Gasteiger partial charge >= 0.3 is 11.9 Å². The highest BCUT2D eigenvalue weighted by Gasteiger charge is 2.09. The molecule has 0 atom stereocenters. The minimum atomic E-state index is -1.08. The predicted octanol–water partition coefficient (Wildman–Crippen LogP) is 3.02. The molecule has 10 nitrogen and oxygen atoms in total. The topological polar surface area (TPSA) is 167 Å². The molecule has 0 amide bonds. The number of hydrogen-bond donors (Lipinski definition) is 4. The number of aliphatic carboxylic acids is 1. The smallest absolute Gasteiger partial charge is 0.338 e. The lowest BCUT2D eigenvalue weighted by Gasteiger charge is -2.03. The average Bonchev–Trinajstić information content (AvgIpc) is 2.80. The third-order valence-corrected chi connectivity index (χ3v) is 4.25. The van der Waals surface area contributed by atoms with Gasteiger partial charge in [-0.15, -0.1) is 0 Å². The van der Waals surface area contributed by atoms with Crippen molar-refractivity contribution in [3.8, 4) is 34.3 Å². The molecule has 0 aliphatic heterocycles. The molecule has 0 unspecified atom stereocenters. The Balaban J connectivity index is 0.000000186. The van der Waals surface area contributed by atoms with Gasteiger partial charge in [0.15, 0.2) is 11.6 Å². The van der Waals surface area contributed by atoms with E-state index in [1.165, 1.54) is 30.9 Å². The number of benzene rings is 2. The van der Waals surface area contributed by atoms with Crippen molar-refractivity contribution in [3.05, 3.63) is 84.4 Å². The van der Waals surface area contributed by atoms with E-state index in [0.717, 1.165) is 0 Å². The molecule has 0 aliphatic carbocycles. The number of hydrogen-bond acceptors (Lipinski definition) is 8. The minimum absolute atomic E-state index is 0.0131. The van der Waals surface area contributed by atoms with E-state index in [1.807, 2.05) is 0 Å². The number of rotatable bonds is 5. The monoisotopic (exact) mass is 446 g/mol. The number of nitrogens with zero attached hydrogens (tertiary/aromatic N) is 4. The van der Waals surface area contributed by atoms with Crippen molar-refractivity contribution in [3.63, 3.8) is 0 Å². The second kappa shape index (κ2) is 10.4. The summed E-state index contributed by atoms with van der Waals surface area (Å²) < 4.78 is 0. The second-order valence-electron chi connectivity index (χ2n) is 6.62. The molecule has 0 bridgehead atoms. The molecule has 2 heterocycles. The number of carboxylic acid groups (broad SMARTS) is 2. The first-order valence-corrected chi connectivity index (χ1v) is 9.50. The molecule has 10 heteroatoms. The Morgan fingerprint density at radius 2 is 1.09 bits per heavy atom. The molecule has 166 valence electrons. The van der Waals surface area contributed by atoms with Crippen molar-refractivity contribution >= 4 is 11.9 Å². The van der Waals surface area contributed by atoms with E-state index in [4.69, 9.17) is 10.2 Å². The van der Waals surface area contributed by atoms with E-state index in [-0.39, 0.29) is 23.5 Å². The van der Waals surface area contributed by atoms with Gasteiger partial charge in [-0.25, -0.2) is 24.7 Å². The van der Waals surface area contributed by atoms with Gasteiger partial charge in [-0.3, -0.25) is 4.79 Å². The number of carbonyl (C=O) groups is 2. The van der Waals surface area contributed by atoms with Gasteiger partial charge in [0.2, 0.25) is 0 Å². The lowest BCUT2D eigenvalue weighted by atomic mass is 10.2. The SMILES string of the molecule is O=C(O)Cc1cnc(-c2ccccc2O)nc1.O=C(O)c1cnc(-c2ccccc2O)nc1. The summed E-state index contributed by atoms with van der Waals surface area (Å²) in [5.41, 5.74) is 1.53. The molecule has 4 aromatic rings. The fraction of sp³-hybridized carbons (Fsp3) is 0.0435. The van der Waals surface area contributed by atoms with Gasteiger partial charge in [-0.1, -0.05) is 24.3 Å². The fourth-order valence-electron chi connectivity index (χ4n) is 2.66. The molecule has 2 aromatic carbocycles. The summed E-state index contributed by atoms with van der Waals surface area (Å²) >= 11 is 0. The summed E-state index contributed by atoms with van der Waals surface area (Å²) in [5, 5.41) is 36.4. The maximum absolute atomic E-state index is 10.6. The minimum Gasteiger partial charge on any atom is -0.507 e. The van der Waals surface area contributed by atoms with Crippen LogP contribution in [0.2, 0.25) is 0 Å². The van der Waals surface area contributed by atoms with Crippen molar-refractivity contribution in [2.45, 2.75) is 6.42 Å². The van der Waals surface area contributed by atoms with E-state index in [1.54, 1.807) is 42.5 Å². The zero-order chi connectivity index (χ0) is 23.8. The number of aromatic nitrogens is 4. The normalized spacial score (nSPS) is 10.1. The maximum Gasteiger partial charge on any atom is 0.338 e. The van der Waals surface area contributed by atoms with Crippen molar-refractivity contribution in [1.82, 2.24) is 19.9 Å². The molecule has 0 saturated carbocycles. The molecular formula is C23H18N4O6. The quantitative estimate of drug-likeness (QED) is 0.358. The molecule has 4 rings (SSSR count). The molecule has 0 aliphatic rings. The number of para-hydroxylation sites is 2. The van der Waals surface area contributed by atoms with E-state index < -0.39 is 11.9 Å². The Hall–Kier alpha value is -4.86. The third-order valence-electron chi connectivity index (χ3n) is 4.25. The maximum atomic E-state index is 10.6. The van der Waals surface area contributed by atoms with Crippen LogP contribution in [0.25, 0.3) is 22.8 Å². The van der Waals surface area contributed by atoms with Crippen LogP contribution >= 0.6 is 0 Å². The number of phenolic OH excluding ortho intramolecular Hbond substituents is 2. The van der Waals surface area contributed by atoms with Crippen LogP contribution in [-0.4, -0.2) is 52.3 Å². The lowest BCUT2D eigenvalue weighted by molar-refractivity contribution is -0.136. The van der Waals surface area contributed by atoms with Crippen LogP contribution in [0.15, 0.2) is 73.3 Å². The van der Waals surface area contributed by atoms with Crippen LogP contribution < -0.4 is 0 Å². The van der Waals surface area contributed by atoms with E-state index in [9.17, 15) is 19.8 Å². The number of aromatic carboxylic acids is 1. The van der Waals surface area contributed by atoms with Crippen LogP contribution in [0.4, 0.5) is 0 Å². The first kappa shape index (κ1) is 22.8. The first-order chi connectivity index (χ1) is 15.8. The van der Waals surface area contributed by atoms with E-state index in [0.29, 0.717) is 28.3 Å². The largest absolute Gasteiger partial charge is 0.507 e. The highest BCUT2D eigenvalue weighted by molar-refractivity contribution is 5.87. The van der Waals surface area contributed by atoms with E-state index in [2.05, 4.69) is 19.9 Å². The average molecular weight is 446 g/mol. The predicted molar refractivity (Wildman–Crippen MR) is 117 cm³/mol. The van der Waals surface area contributed by atoms with Crippen LogP contribution in [0, 0.1) is 0 Å². The first-order valence-electron chi connectivity index (χ1n) is 9.50. The molecule has 0 radical (unpaired) electrons. The lowest BCUT2D eigenvalue weighted by Crippen LogP contribution is -2.01. The molecule has 0 saturated heterocycles. The van der Waals surface area contributed by atoms with Crippen molar-refractivity contribution in [2.75, 3.05) is 0 Å². The van der Waals surface area contributed by atoms with Crippen LogP contribution in [0.5, 0.6) is 11.5 Å². The zero-order valence-electron chi connectivity index (χ0n) is 17.0. The number of phenols is 2. The highest BCUT2D eigenvalue weighted by Crippen LogP contribution is 2.26. The van der Waals surface area contributed by atoms with Gasteiger partial charge in [0, 0.05) is 24.8 Å². The Labute approximate surface area is 187 Å². The van der Waals surface area contributed by atoms with Gasteiger partial charge in [-0.05, 0) is 29.8 Å². The van der Waals surface area contributed by atoms with Gasteiger partial charge in [0.1, 0.15) is 11.5 Å². The Bertz CT molecular complexity index is 1260. The number of carboxylic acids is 2. The third kappa shape index (κ3) is 6.07. The van der Waals surface area contributed by atoms with Gasteiger partial charge in [0.05, 0.1) is 23.1 Å². The summed E-state index contributed by atoms with van der Waals surface area (Å²) in [5.74, 6) is -1.18. The molecule has 4 N–H and O–H groups in total. The summed E-state index contributed by atoms with van der Waals surface area (Å²) in [6, 6.07) is 13.3. The highest BCUT2D eigenvalue weighted by atomic mass is 16.4. The number of aromatic hydroxyl groups is 2. The summed E-state index contributed by atoms with van der Waals surface area (Å²) in [6.45, 7) is 0. The molecule has 2 aromatic heterocycles. The van der Waals surface area contributed by atoms with Gasteiger partial charge in [-0.2, -0.15) is 0 Å². The van der Waals surface area contributed by atoms with Crippen LogP contribution in [-0.2, 0) is 11.2 Å². The Morgan fingerprint density at radius 1 is 0.667 bits per heavy atom. The Morgan fingerprint density at radius 3 is 1.48 bits per heavy atom. The van der Waals surface area contributed by atoms with Crippen LogP contribution in [0.1, 0.15) is 15.9 Å². The van der Waals surface area contributed by atoms with Crippen LogP contribution in [0.3, 0.4) is 0 Å². The molecule has 0 spiro atoms. The summed E-state index contributed by atoms with van der Waals surface area (Å²) in [6.07, 6.45) is 5.20. The van der Waals surface area contributed by atoms with Crippen molar-refractivity contribution in [2.24, 2.45) is 0 Å². The van der Waals surface area contributed by atoms with Crippen molar-refractivity contribution < 1.29 is 30.0 Å². The Kier molecular flexibility index (Phi) is 7.22. The summed E-state index contributed by atoms with van der Waals surface area (Å²) in [7, 11) is 0. The fourth-order valence-corrected chi connectivity index (χ4v) is 2.66. The van der Waals surface area contributed by atoms with Gasteiger partial charge < -0.3 is 20.4 Å².